The molecule has 178 valence electrons. The lowest BCUT2D eigenvalue weighted by Gasteiger charge is -2.35. The van der Waals surface area contributed by atoms with Crippen LogP contribution in [0.4, 0.5) is 5.82 Å². The number of para-hydroxylation sites is 2. The first-order valence-corrected chi connectivity index (χ1v) is 11.9. The smallest absolute Gasteiger partial charge is 0.260 e. The summed E-state index contributed by atoms with van der Waals surface area (Å²) in [6, 6.07) is 26.0. The van der Waals surface area contributed by atoms with Crippen LogP contribution in [-0.4, -0.2) is 60.4 Å². The zero-order valence-corrected chi connectivity index (χ0v) is 19.8. The van der Waals surface area contributed by atoms with E-state index in [9.17, 15) is 4.79 Å². The van der Waals surface area contributed by atoms with Crippen molar-refractivity contribution in [3.8, 4) is 22.8 Å². The summed E-state index contributed by atoms with van der Waals surface area (Å²) in [4.78, 5) is 16.7. The van der Waals surface area contributed by atoms with Gasteiger partial charge < -0.3 is 19.3 Å². The molecule has 1 fully saturated rings. The number of carbonyl (C=O) groups is 1. The number of ether oxygens (including phenoxy) is 2. The molecular formula is C28H28N4O3. The van der Waals surface area contributed by atoms with Crippen molar-refractivity contribution >= 4 is 22.5 Å². The third kappa shape index (κ3) is 5.19. The summed E-state index contributed by atoms with van der Waals surface area (Å²) in [6.45, 7) is 5.08. The van der Waals surface area contributed by atoms with Crippen molar-refractivity contribution in [1.29, 1.82) is 0 Å². The number of benzene rings is 3. The second-order valence-corrected chi connectivity index (χ2v) is 8.37. The minimum absolute atomic E-state index is 0.00958. The van der Waals surface area contributed by atoms with Crippen LogP contribution in [0.25, 0.3) is 22.0 Å². The quantitative estimate of drug-likeness (QED) is 0.400. The molecule has 35 heavy (non-hydrogen) atoms. The Labute approximate surface area is 204 Å². The molecule has 7 heteroatoms. The molecule has 0 aliphatic carbocycles. The Hall–Kier alpha value is -4.13. The second-order valence-electron chi connectivity index (χ2n) is 8.37. The number of piperazine rings is 1. The third-order valence-electron chi connectivity index (χ3n) is 6.15. The first-order chi connectivity index (χ1) is 17.2. The lowest BCUT2D eigenvalue weighted by atomic mass is 10.1. The number of rotatable bonds is 7. The van der Waals surface area contributed by atoms with Crippen molar-refractivity contribution in [3.05, 3.63) is 78.9 Å². The average molecular weight is 469 g/mol. The number of hydrogen-bond acceptors (Lipinski definition) is 6. The maximum Gasteiger partial charge on any atom is 0.260 e. The standard InChI is InChI=1S/C28H28N4O3/c1-2-34-25-9-5-6-10-26(25)35-20-28(33)32-17-15-31(16-18-32)27-14-13-24(29-30-27)23-12-11-21-7-3-4-8-22(21)19-23/h3-14,19H,2,15-18,20H2,1H3. The molecule has 0 radical (unpaired) electrons. The summed E-state index contributed by atoms with van der Waals surface area (Å²) in [6.07, 6.45) is 0. The van der Waals surface area contributed by atoms with Crippen LogP contribution >= 0.6 is 0 Å². The molecule has 1 amide bonds. The molecule has 0 unspecified atom stereocenters. The second kappa shape index (κ2) is 10.4. The molecule has 5 rings (SSSR count). The van der Waals surface area contributed by atoms with E-state index in [-0.39, 0.29) is 12.5 Å². The number of amides is 1. The maximum absolute atomic E-state index is 12.7. The van der Waals surface area contributed by atoms with Crippen molar-refractivity contribution in [2.24, 2.45) is 0 Å². The SMILES string of the molecule is CCOc1ccccc1OCC(=O)N1CCN(c2ccc(-c3ccc4ccccc4c3)nn2)CC1. The van der Waals surface area contributed by atoms with Crippen molar-refractivity contribution in [2.45, 2.75) is 6.92 Å². The van der Waals surface area contributed by atoms with E-state index in [1.165, 1.54) is 10.8 Å². The Morgan fingerprint density at radius 1 is 0.800 bits per heavy atom. The van der Waals surface area contributed by atoms with Gasteiger partial charge in [-0.1, -0.05) is 48.5 Å². The van der Waals surface area contributed by atoms with Gasteiger partial charge in [0.1, 0.15) is 0 Å². The van der Waals surface area contributed by atoms with Crippen LogP contribution in [0.3, 0.4) is 0 Å². The number of hydrogen-bond donors (Lipinski definition) is 0. The zero-order chi connectivity index (χ0) is 24.0. The molecule has 0 N–H and O–H groups in total. The van der Waals surface area contributed by atoms with E-state index < -0.39 is 0 Å². The van der Waals surface area contributed by atoms with E-state index in [0.717, 1.165) is 17.1 Å². The predicted molar refractivity (Wildman–Crippen MR) is 137 cm³/mol. The van der Waals surface area contributed by atoms with Gasteiger partial charge in [-0.3, -0.25) is 4.79 Å². The van der Waals surface area contributed by atoms with Crippen molar-refractivity contribution in [3.63, 3.8) is 0 Å². The van der Waals surface area contributed by atoms with Crippen LogP contribution < -0.4 is 14.4 Å². The normalized spacial score (nSPS) is 13.6. The molecule has 3 aromatic carbocycles. The Morgan fingerprint density at radius 3 is 2.23 bits per heavy atom. The Kier molecular flexibility index (Phi) is 6.75. The number of anilines is 1. The first-order valence-electron chi connectivity index (χ1n) is 11.9. The number of nitrogens with zero attached hydrogens (tertiary/aromatic N) is 4. The van der Waals surface area contributed by atoms with Gasteiger partial charge in [0.15, 0.2) is 23.9 Å². The van der Waals surface area contributed by atoms with Crippen LogP contribution in [0.5, 0.6) is 11.5 Å². The van der Waals surface area contributed by atoms with Crippen LogP contribution in [0.2, 0.25) is 0 Å². The number of carbonyl (C=O) groups excluding carboxylic acids is 1. The maximum atomic E-state index is 12.7. The summed E-state index contributed by atoms with van der Waals surface area (Å²) in [5.41, 5.74) is 1.89. The zero-order valence-electron chi connectivity index (χ0n) is 19.8. The van der Waals surface area contributed by atoms with Crippen LogP contribution in [0.1, 0.15) is 6.92 Å². The fourth-order valence-electron chi connectivity index (χ4n) is 4.26. The van der Waals surface area contributed by atoms with E-state index in [4.69, 9.17) is 9.47 Å². The van der Waals surface area contributed by atoms with Gasteiger partial charge in [0.2, 0.25) is 0 Å². The number of aromatic nitrogens is 2. The molecule has 0 spiro atoms. The van der Waals surface area contributed by atoms with E-state index in [1.54, 1.807) is 0 Å². The highest BCUT2D eigenvalue weighted by molar-refractivity contribution is 5.86. The van der Waals surface area contributed by atoms with Gasteiger partial charge in [-0.15, -0.1) is 10.2 Å². The van der Waals surface area contributed by atoms with Crippen LogP contribution in [0.15, 0.2) is 78.9 Å². The molecule has 0 atom stereocenters. The summed E-state index contributed by atoms with van der Waals surface area (Å²) < 4.78 is 11.3. The molecular weight excluding hydrogens is 440 g/mol. The predicted octanol–water partition coefficient (Wildman–Crippen LogP) is 4.42. The minimum Gasteiger partial charge on any atom is -0.490 e. The Balaban J connectivity index is 1.16. The van der Waals surface area contributed by atoms with Gasteiger partial charge in [0.05, 0.1) is 12.3 Å². The topological polar surface area (TPSA) is 67.8 Å². The fraction of sp³-hybridized carbons (Fsp3) is 0.250. The Morgan fingerprint density at radius 2 is 1.51 bits per heavy atom. The molecule has 2 heterocycles. The molecule has 1 aliphatic rings. The largest absolute Gasteiger partial charge is 0.490 e. The Bertz CT molecular complexity index is 1300. The fourth-order valence-corrected chi connectivity index (χ4v) is 4.26. The van der Waals surface area contributed by atoms with Crippen LogP contribution in [0, 0.1) is 0 Å². The van der Waals surface area contributed by atoms with Gasteiger partial charge in [-0.2, -0.15) is 0 Å². The highest BCUT2D eigenvalue weighted by atomic mass is 16.5. The van der Waals surface area contributed by atoms with Gasteiger partial charge in [-0.25, -0.2) is 0 Å². The van der Waals surface area contributed by atoms with Gasteiger partial charge >= 0.3 is 0 Å². The summed E-state index contributed by atoms with van der Waals surface area (Å²) in [5, 5.41) is 11.3. The van der Waals surface area contributed by atoms with E-state index >= 15 is 0 Å². The monoisotopic (exact) mass is 468 g/mol. The summed E-state index contributed by atoms with van der Waals surface area (Å²) in [5.74, 6) is 2.03. The third-order valence-corrected chi connectivity index (χ3v) is 6.15. The molecule has 7 nitrogen and oxygen atoms in total. The first kappa shape index (κ1) is 22.7. The van der Waals surface area contributed by atoms with Crippen molar-refractivity contribution in [2.75, 3.05) is 44.3 Å². The van der Waals surface area contributed by atoms with Crippen molar-refractivity contribution in [1.82, 2.24) is 15.1 Å². The summed E-state index contributed by atoms with van der Waals surface area (Å²) >= 11 is 0. The van der Waals surface area contributed by atoms with Crippen molar-refractivity contribution < 1.29 is 14.3 Å². The van der Waals surface area contributed by atoms with E-state index in [2.05, 4.69) is 45.4 Å². The lowest BCUT2D eigenvalue weighted by Crippen LogP contribution is -2.50. The molecule has 0 saturated carbocycles. The van der Waals surface area contributed by atoms with Gasteiger partial charge in [0.25, 0.3) is 5.91 Å². The molecule has 1 aliphatic heterocycles. The van der Waals surface area contributed by atoms with Gasteiger partial charge in [0, 0.05) is 31.7 Å². The van der Waals surface area contributed by atoms with E-state index in [1.807, 2.05) is 60.4 Å². The highest BCUT2D eigenvalue weighted by Crippen LogP contribution is 2.27. The van der Waals surface area contributed by atoms with Gasteiger partial charge in [-0.05, 0) is 48.0 Å². The molecule has 1 saturated heterocycles. The summed E-state index contributed by atoms with van der Waals surface area (Å²) in [7, 11) is 0. The minimum atomic E-state index is -0.0336. The number of fused-ring (bicyclic) bond motifs is 1. The van der Waals surface area contributed by atoms with Crippen LogP contribution in [-0.2, 0) is 4.79 Å². The molecule has 1 aromatic heterocycles. The molecule has 0 bridgehead atoms. The lowest BCUT2D eigenvalue weighted by molar-refractivity contribution is -0.133. The highest BCUT2D eigenvalue weighted by Gasteiger charge is 2.23. The average Bonchev–Trinajstić information content (AvgIpc) is 2.92. The van der Waals surface area contributed by atoms with E-state index in [0.29, 0.717) is 44.3 Å². The molecule has 4 aromatic rings.